The molecule has 0 aliphatic heterocycles. The van der Waals surface area contributed by atoms with Crippen molar-refractivity contribution < 1.29 is 9.59 Å². The predicted molar refractivity (Wildman–Crippen MR) is 81.0 cm³/mol. The van der Waals surface area contributed by atoms with Crippen LogP contribution in [0.2, 0.25) is 0 Å². The van der Waals surface area contributed by atoms with Crippen LogP contribution in [0.15, 0.2) is 12.1 Å². The van der Waals surface area contributed by atoms with Gasteiger partial charge in [-0.15, -0.1) is 12.4 Å². The highest BCUT2D eigenvalue weighted by Crippen LogP contribution is 2.07. The molecule has 0 aliphatic carbocycles. The van der Waals surface area contributed by atoms with E-state index in [1.165, 1.54) is 6.92 Å². The quantitative estimate of drug-likeness (QED) is 0.784. The zero-order valence-corrected chi connectivity index (χ0v) is 12.9. The van der Waals surface area contributed by atoms with Crippen molar-refractivity contribution in [3.63, 3.8) is 0 Å². The highest BCUT2D eigenvalue weighted by atomic mass is 35.5. The number of amides is 1. The topological polar surface area (TPSA) is 85.1 Å². The fourth-order valence-electron chi connectivity index (χ4n) is 1.83. The lowest BCUT2D eigenvalue weighted by molar-refractivity contribution is -0.122. The molecule has 0 radical (unpaired) electrons. The molecule has 0 saturated carbocycles. The van der Waals surface area contributed by atoms with Crippen molar-refractivity contribution >= 4 is 24.1 Å². The average molecular weight is 300 g/mol. The summed E-state index contributed by atoms with van der Waals surface area (Å²) < 4.78 is 0. The van der Waals surface area contributed by atoms with Gasteiger partial charge in [-0.1, -0.05) is 13.3 Å². The van der Waals surface area contributed by atoms with Gasteiger partial charge in [-0.2, -0.15) is 0 Å². The number of aromatic nitrogens is 1. The molecule has 20 heavy (non-hydrogen) atoms. The molecular formula is C14H22ClN3O2. The van der Waals surface area contributed by atoms with Gasteiger partial charge in [0.05, 0.1) is 18.3 Å². The van der Waals surface area contributed by atoms with Gasteiger partial charge >= 0.3 is 0 Å². The number of carbonyl (C=O) groups is 2. The molecule has 0 bridgehead atoms. The number of aryl methyl sites for hydroxylation is 1. The fourth-order valence-corrected chi connectivity index (χ4v) is 1.83. The van der Waals surface area contributed by atoms with Crippen molar-refractivity contribution in [3.05, 3.63) is 29.1 Å². The Kier molecular flexibility index (Phi) is 8.03. The Morgan fingerprint density at radius 3 is 2.55 bits per heavy atom. The molecule has 0 aromatic carbocycles. The number of hydrogen-bond donors (Lipinski definition) is 2. The van der Waals surface area contributed by atoms with Crippen molar-refractivity contribution in [1.29, 1.82) is 0 Å². The molecule has 0 aliphatic rings. The van der Waals surface area contributed by atoms with Crippen LogP contribution in [0.3, 0.4) is 0 Å². The molecule has 0 fully saturated rings. The van der Waals surface area contributed by atoms with Crippen molar-refractivity contribution in [3.8, 4) is 0 Å². The third kappa shape index (κ3) is 5.27. The van der Waals surface area contributed by atoms with Crippen LogP contribution in [-0.4, -0.2) is 22.7 Å². The summed E-state index contributed by atoms with van der Waals surface area (Å²) in [6.45, 7) is 5.61. The van der Waals surface area contributed by atoms with Gasteiger partial charge < -0.3 is 11.1 Å². The Morgan fingerprint density at radius 2 is 2.05 bits per heavy atom. The Morgan fingerprint density at radius 1 is 1.40 bits per heavy atom. The molecule has 1 atom stereocenters. The van der Waals surface area contributed by atoms with Crippen molar-refractivity contribution in [2.75, 3.05) is 0 Å². The smallest absolute Gasteiger partial charge is 0.237 e. The van der Waals surface area contributed by atoms with E-state index in [1.54, 1.807) is 19.1 Å². The molecule has 6 heteroatoms. The largest absolute Gasteiger partial charge is 0.349 e. The van der Waals surface area contributed by atoms with E-state index >= 15 is 0 Å². The lowest BCUT2D eigenvalue weighted by Crippen LogP contribution is -2.40. The number of nitrogens with zero attached hydrogens (tertiary/aromatic N) is 1. The number of Topliss-reactive ketones (excluding diaryl/α,β-unsaturated/α-hetero) is 1. The van der Waals surface area contributed by atoms with Crippen LogP contribution >= 0.6 is 12.4 Å². The van der Waals surface area contributed by atoms with Gasteiger partial charge in [-0.05, 0) is 32.4 Å². The molecule has 1 aromatic heterocycles. The molecule has 1 amide bonds. The predicted octanol–water partition coefficient (Wildman–Crippen LogP) is 1.76. The van der Waals surface area contributed by atoms with E-state index in [1.807, 2.05) is 6.92 Å². The van der Waals surface area contributed by atoms with E-state index in [9.17, 15) is 9.59 Å². The van der Waals surface area contributed by atoms with E-state index in [-0.39, 0.29) is 24.1 Å². The summed E-state index contributed by atoms with van der Waals surface area (Å²) in [7, 11) is 0. The van der Waals surface area contributed by atoms with Crippen LogP contribution in [0, 0.1) is 6.92 Å². The maximum absolute atomic E-state index is 11.6. The van der Waals surface area contributed by atoms with E-state index < -0.39 is 6.04 Å². The number of halogens is 1. The maximum atomic E-state index is 11.6. The number of ketones is 1. The normalized spacial score (nSPS) is 11.4. The molecule has 1 heterocycles. The zero-order valence-electron chi connectivity index (χ0n) is 12.1. The third-order valence-corrected chi connectivity index (χ3v) is 2.90. The van der Waals surface area contributed by atoms with Gasteiger partial charge in [0.25, 0.3) is 0 Å². The standard InChI is InChI=1S/C14H21N3O2.ClH/c1-4-5-13(15)14(19)16-8-11-6-7-12(10(3)18)9(2)17-11;/h6-7,13H,4-5,8,15H2,1-3H3,(H,16,19);1H. The zero-order chi connectivity index (χ0) is 14.4. The van der Waals surface area contributed by atoms with Crippen LogP contribution in [0.4, 0.5) is 0 Å². The first-order valence-electron chi connectivity index (χ1n) is 6.46. The first-order chi connectivity index (χ1) is 8.95. The van der Waals surface area contributed by atoms with Gasteiger partial charge in [-0.3, -0.25) is 14.6 Å². The highest BCUT2D eigenvalue weighted by molar-refractivity contribution is 5.95. The minimum Gasteiger partial charge on any atom is -0.349 e. The number of nitrogens with two attached hydrogens (primary N) is 1. The van der Waals surface area contributed by atoms with Gasteiger partial charge in [0.15, 0.2) is 5.78 Å². The number of pyridine rings is 1. The van der Waals surface area contributed by atoms with E-state index in [4.69, 9.17) is 5.73 Å². The Bertz CT molecular complexity index is 477. The van der Waals surface area contributed by atoms with Crippen LogP contribution < -0.4 is 11.1 Å². The van der Waals surface area contributed by atoms with Gasteiger partial charge in [0.1, 0.15) is 0 Å². The number of nitrogens with one attached hydrogen (secondary N) is 1. The van der Waals surface area contributed by atoms with Crippen molar-refractivity contribution in [2.24, 2.45) is 5.73 Å². The minimum absolute atomic E-state index is 0. The molecule has 0 spiro atoms. The average Bonchev–Trinajstić information content (AvgIpc) is 2.35. The van der Waals surface area contributed by atoms with Gasteiger partial charge in [-0.25, -0.2) is 0 Å². The molecule has 5 nitrogen and oxygen atoms in total. The summed E-state index contributed by atoms with van der Waals surface area (Å²) in [6.07, 6.45) is 1.54. The summed E-state index contributed by atoms with van der Waals surface area (Å²) in [5.74, 6) is -0.178. The van der Waals surface area contributed by atoms with E-state index in [0.29, 0.717) is 24.2 Å². The lowest BCUT2D eigenvalue weighted by Gasteiger charge is -2.11. The summed E-state index contributed by atoms with van der Waals surface area (Å²) in [5.41, 5.74) is 7.72. The summed E-state index contributed by atoms with van der Waals surface area (Å²) >= 11 is 0. The van der Waals surface area contributed by atoms with E-state index in [0.717, 1.165) is 12.1 Å². The van der Waals surface area contributed by atoms with Crippen molar-refractivity contribution in [1.82, 2.24) is 10.3 Å². The second-order valence-corrected chi connectivity index (χ2v) is 4.60. The Balaban J connectivity index is 0.00000361. The molecule has 3 N–H and O–H groups in total. The molecule has 1 aromatic rings. The summed E-state index contributed by atoms with van der Waals surface area (Å²) in [4.78, 5) is 27.2. The second kappa shape index (κ2) is 8.66. The fraction of sp³-hybridized carbons (Fsp3) is 0.500. The Hall–Kier alpha value is -1.46. The SMILES string of the molecule is CCCC(N)C(=O)NCc1ccc(C(C)=O)c(C)n1.Cl. The number of carbonyl (C=O) groups excluding carboxylic acids is 2. The second-order valence-electron chi connectivity index (χ2n) is 4.60. The van der Waals surface area contributed by atoms with Gasteiger partial charge in [0, 0.05) is 11.3 Å². The van der Waals surface area contributed by atoms with Crippen LogP contribution in [0.1, 0.15) is 48.4 Å². The molecule has 112 valence electrons. The lowest BCUT2D eigenvalue weighted by atomic mass is 10.1. The van der Waals surface area contributed by atoms with Crippen LogP contribution in [0.25, 0.3) is 0 Å². The monoisotopic (exact) mass is 299 g/mol. The van der Waals surface area contributed by atoms with Crippen molar-refractivity contribution in [2.45, 2.75) is 46.2 Å². The van der Waals surface area contributed by atoms with Gasteiger partial charge in [0.2, 0.25) is 5.91 Å². The Labute approximate surface area is 125 Å². The summed E-state index contributed by atoms with van der Waals surface area (Å²) in [5, 5.41) is 2.75. The molecule has 0 saturated heterocycles. The highest BCUT2D eigenvalue weighted by Gasteiger charge is 2.12. The van der Waals surface area contributed by atoms with Crippen LogP contribution in [0.5, 0.6) is 0 Å². The molecule has 1 rings (SSSR count). The minimum atomic E-state index is -0.470. The maximum Gasteiger partial charge on any atom is 0.237 e. The first-order valence-corrected chi connectivity index (χ1v) is 6.46. The molecule has 1 unspecified atom stereocenters. The number of hydrogen-bond acceptors (Lipinski definition) is 4. The van der Waals surface area contributed by atoms with Crippen LogP contribution in [-0.2, 0) is 11.3 Å². The van der Waals surface area contributed by atoms with E-state index in [2.05, 4.69) is 10.3 Å². The summed E-state index contributed by atoms with van der Waals surface area (Å²) in [6, 6.07) is 3.01. The number of rotatable bonds is 6. The molecular weight excluding hydrogens is 278 g/mol. The first kappa shape index (κ1) is 18.5. The third-order valence-electron chi connectivity index (χ3n) is 2.90.